The van der Waals surface area contributed by atoms with E-state index < -0.39 is 5.97 Å². The predicted octanol–water partition coefficient (Wildman–Crippen LogP) is 3.62. The first-order chi connectivity index (χ1) is 9.56. The zero-order chi connectivity index (χ0) is 14.5. The first kappa shape index (κ1) is 14.0. The third-order valence-electron chi connectivity index (χ3n) is 2.45. The van der Waals surface area contributed by atoms with Crippen LogP contribution in [0.3, 0.4) is 0 Å². The molecule has 4 nitrogen and oxygen atoms in total. The van der Waals surface area contributed by atoms with Crippen LogP contribution in [0.2, 0.25) is 5.02 Å². The van der Waals surface area contributed by atoms with Crippen LogP contribution in [-0.4, -0.2) is 17.3 Å². The number of anilines is 1. The third-order valence-corrected chi connectivity index (χ3v) is 2.78. The molecule has 2 aromatic rings. The van der Waals surface area contributed by atoms with Gasteiger partial charge in [-0.2, -0.15) is 5.10 Å². The lowest BCUT2D eigenvalue weighted by Gasteiger charge is -2.03. The average molecular weight is 293 g/mol. The molecule has 0 bridgehead atoms. The smallest absolute Gasteiger partial charge is 0.337 e. The standard InChI is InChI=1S/C14H10ClFN2O2/c15-13-5-4-11(7-12(13)14(19)20)18-17-8-9-2-1-3-10(16)6-9/h1-8,18H,(H,19,20)/b17-8-. The fourth-order valence-electron chi connectivity index (χ4n) is 1.53. The van der Waals surface area contributed by atoms with Crippen LogP contribution in [0.5, 0.6) is 0 Å². The van der Waals surface area contributed by atoms with Crippen LogP contribution in [0.25, 0.3) is 0 Å². The van der Waals surface area contributed by atoms with Crippen LogP contribution in [0.4, 0.5) is 10.1 Å². The van der Waals surface area contributed by atoms with Crippen molar-refractivity contribution in [2.75, 3.05) is 5.43 Å². The number of aromatic carboxylic acids is 1. The Morgan fingerprint density at radius 2 is 2.10 bits per heavy atom. The number of carboxylic acid groups (broad SMARTS) is 1. The Morgan fingerprint density at radius 3 is 2.80 bits per heavy atom. The lowest BCUT2D eigenvalue weighted by molar-refractivity contribution is 0.0697. The number of nitrogens with one attached hydrogen (secondary N) is 1. The normalized spacial score (nSPS) is 10.7. The van der Waals surface area contributed by atoms with Crippen molar-refractivity contribution >= 4 is 29.5 Å². The molecule has 0 aliphatic rings. The molecule has 0 radical (unpaired) electrons. The summed E-state index contributed by atoms with van der Waals surface area (Å²) >= 11 is 5.75. The van der Waals surface area contributed by atoms with Crippen LogP contribution in [0, 0.1) is 5.82 Å². The molecule has 20 heavy (non-hydrogen) atoms. The number of halogens is 2. The van der Waals surface area contributed by atoms with Crippen molar-refractivity contribution in [3.8, 4) is 0 Å². The van der Waals surface area contributed by atoms with Crippen LogP contribution in [0.15, 0.2) is 47.6 Å². The van der Waals surface area contributed by atoms with Gasteiger partial charge in [-0.15, -0.1) is 0 Å². The maximum absolute atomic E-state index is 12.9. The molecule has 2 rings (SSSR count). The second kappa shape index (κ2) is 6.16. The minimum absolute atomic E-state index is 0.0161. The molecule has 102 valence electrons. The Kier molecular flexibility index (Phi) is 4.32. The monoisotopic (exact) mass is 292 g/mol. The molecular formula is C14H10ClFN2O2. The Morgan fingerprint density at radius 1 is 1.30 bits per heavy atom. The number of hydrogen-bond acceptors (Lipinski definition) is 3. The Balaban J connectivity index is 2.11. The van der Waals surface area contributed by atoms with Gasteiger partial charge in [0, 0.05) is 0 Å². The van der Waals surface area contributed by atoms with Gasteiger partial charge in [-0.05, 0) is 35.9 Å². The second-order valence-corrected chi connectivity index (χ2v) is 4.33. The highest BCUT2D eigenvalue weighted by atomic mass is 35.5. The van der Waals surface area contributed by atoms with Crippen LogP contribution in [-0.2, 0) is 0 Å². The van der Waals surface area contributed by atoms with E-state index in [1.807, 2.05) is 0 Å². The van der Waals surface area contributed by atoms with Crippen molar-refractivity contribution in [1.82, 2.24) is 0 Å². The van der Waals surface area contributed by atoms with Crippen molar-refractivity contribution < 1.29 is 14.3 Å². The summed E-state index contributed by atoms with van der Waals surface area (Å²) in [5, 5.41) is 13.0. The molecule has 0 amide bonds. The van der Waals surface area contributed by atoms with Gasteiger partial charge < -0.3 is 5.11 Å². The van der Waals surface area contributed by atoms with Gasteiger partial charge in [-0.3, -0.25) is 5.43 Å². The predicted molar refractivity (Wildman–Crippen MR) is 76.0 cm³/mol. The van der Waals surface area contributed by atoms with Gasteiger partial charge in [-0.1, -0.05) is 23.7 Å². The molecule has 0 fully saturated rings. The Hall–Kier alpha value is -2.40. The third kappa shape index (κ3) is 3.55. The maximum Gasteiger partial charge on any atom is 0.337 e. The lowest BCUT2D eigenvalue weighted by Crippen LogP contribution is -1.99. The number of hydrogen-bond donors (Lipinski definition) is 2. The molecule has 0 aromatic heterocycles. The number of carbonyl (C=O) groups is 1. The summed E-state index contributed by atoms with van der Waals surface area (Å²) in [5.74, 6) is -1.47. The molecule has 0 saturated carbocycles. The topological polar surface area (TPSA) is 61.7 Å². The Labute approximate surface area is 119 Å². The molecule has 0 heterocycles. The first-order valence-electron chi connectivity index (χ1n) is 5.64. The fourth-order valence-corrected chi connectivity index (χ4v) is 1.73. The Bertz CT molecular complexity index is 674. The number of benzene rings is 2. The molecule has 0 aliphatic heterocycles. The summed E-state index contributed by atoms with van der Waals surface area (Å²) in [5.41, 5.74) is 3.70. The second-order valence-electron chi connectivity index (χ2n) is 3.92. The van der Waals surface area contributed by atoms with Crippen LogP contribution in [0.1, 0.15) is 15.9 Å². The highest BCUT2D eigenvalue weighted by molar-refractivity contribution is 6.33. The van der Waals surface area contributed by atoms with Crippen molar-refractivity contribution in [3.05, 3.63) is 64.4 Å². The minimum Gasteiger partial charge on any atom is -0.478 e. The minimum atomic E-state index is -1.12. The van der Waals surface area contributed by atoms with Gasteiger partial charge in [0.25, 0.3) is 0 Å². The molecule has 0 atom stereocenters. The number of nitrogens with zero attached hydrogens (tertiary/aromatic N) is 1. The van der Waals surface area contributed by atoms with E-state index in [0.29, 0.717) is 11.3 Å². The summed E-state index contributed by atoms with van der Waals surface area (Å²) in [6, 6.07) is 10.4. The van der Waals surface area contributed by atoms with Crippen LogP contribution < -0.4 is 5.43 Å². The van der Waals surface area contributed by atoms with E-state index in [1.54, 1.807) is 18.2 Å². The zero-order valence-electron chi connectivity index (χ0n) is 10.2. The van der Waals surface area contributed by atoms with E-state index in [9.17, 15) is 9.18 Å². The van der Waals surface area contributed by atoms with Crippen molar-refractivity contribution in [2.24, 2.45) is 5.10 Å². The molecule has 0 saturated heterocycles. The van der Waals surface area contributed by atoms with Crippen LogP contribution >= 0.6 is 11.6 Å². The molecule has 0 unspecified atom stereocenters. The number of carboxylic acids is 1. The quantitative estimate of drug-likeness (QED) is 0.668. The summed E-state index contributed by atoms with van der Waals surface area (Å²) in [7, 11) is 0. The van der Waals surface area contributed by atoms with E-state index >= 15 is 0 Å². The fraction of sp³-hybridized carbons (Fsp3) is 0. The van der Waals surface area contributed by atoms with Crippen molar-refractivity contribution in [2.45, 2.75) is 0 Å². The highest BCUT2D eigenvalue weighted by Gasteiger charge is 2.08. The van der Waals surface area contributed by atoms with Gasteiger partial charge in [0.05, 0.1) is 22.5 Å². The number of rotatable bonds is 4. The lowest BCUT2D eigenvalue weighted by atomic mass is 10.2. The summed E-state index contributed by atoms with van der Waals surface area (Å²) < 4.78 is 12.9. The largest absolute Gasteiger partial charge is 0.478 e. The zero-order valence-corrected chi connectivity index (χ0v) is 10.9. The van der Waals surface area contributed by atoms with E-state index in [2.05, 4.69) is 10.5 Å². The van der Waals surface area contributed by atoms with E-state index in [4.69, 9.17) is 16.7 Å². The van der Waals surface area contributed by atoms with E-state index in [-0.39, 0.29) is 16.4 Å². The molecule has 0 aliphatic carbocycles. The van der Waals surface area contributed by atoms with Crippen molar-refractivity contribution in [1.29, 1.82) is 0 Å². The average Bonchev–Trinajstić information content (AvgIpc) is 2.40. The molecule has 0 spiro atoms. The number of hydrazone groups is 1. The van der Waals surface area contributed by atoms with Gasteiger partial charge in [0.15, 0.2) is 0 Å². The van der Waals surface area contributed by atoms with E-state index in [0.717, 1.165) is 0 Å². The van der Waals surface area contributed by atoms with E-state index in [1.165, 1.54) is 30.5 Å². The molecule has 2 aromatic carbocycles. The van der Waals surface area contributed by atoms with Gasteiger partial charge in [-0.25, -0.2) is 9.18 Å². The summed E-state index contributed by atoms with van der Waals surface area (Å²) in [6.07, 6.45) is 1.43. The highest BCUT2D eigenvalue weighted by Crippen LogP contribution is 2.20. The molecular weight excluding hydrogens is 283 g/mol. The summed E-state index contributed by atoms with van der Waals surface area (Å²) in [6.45, 7) is 0. The van der Waals surface area contributed by atoms with Gasteiger partial charge >= 0.3 is 5.97 Å². The molecule has 2 N–H and O–H groups in total. The molecule has 6 heteroatoms. The van der Waals surface area contributed by atoms with Crippen molar-refractivity contribution in [3.63, 3.8) is 0 Å². The maximum atomic E-state index is 12.9. The van der Waals surface area contributed by atoms with Gasteiger partial charge in [0.2, 0.25) is 0 Å². The van der Waals surface area contributed by atoms with Gasteiger partial charge in [0.1, 0.15) is 5.82 Å². The SMILES string of the molecule is O=C(O)c1cc(N/N=C\c2cccc(F)c2)ccc1Cl. The summed E-state index contributed by atoms with van der Waals surface area (Å²) in [4.78, 5) is 10.9. The first-order valence-corrected chi connectivity index (χ1v) is 6.01.